The molecule has 0 saturated heterocycles. The third-order valence-corrected chi connectivity index (χ3v) is 4.29. The number of hydrogen-bond acceptors (Lipinski definition) is 2. The zero-order chi connectivity index (χ0) is 14.5. The molecule has 2 fully saturated rings. The topological polar surface area (TPSA) is 56.7 Å². The Balaban J connectivity index is 0.00000220. The first kappa shape index (κ1) is 18.1. The van der Waals surface area contributed by atoms with Crippen LogP contribution in [0.25, 0.3) is 0 Å². The molecular formula is C15H25IN4O. The number of aliphatic imine (C=N–C) groups is 1. The Morgan fingerprint density at radius 2 is 2.14 bits per heavy atom. The summed E-state index contributed by atoms with van der Waals surface area (Å²) in [6.45, 7) is 0.566. The lowest BCUT2D eigenvalue weighted by Gasteiger charge is -2.25. The van der Waals surface area contributed by atoms with Crippen LogP contribution in [0, 0.1) is 24.2 Å². The van der Waals surface area contributed by atoms with Gasteiger partial charge in [-0.15, -0.1) is 30.4 Å². The van der Waals surface area contributed by atoms with Gasteiger partial charge in [-0.3, -0.25) is 4.79 Å². The minimum Gasteiger partial charge on any atom is -0.353 e. The van der Waals surface area contributed by atoms with Gasteiger partial charge in [0, 0.05) is 20.1 Å². The average molecular weight is 404 g/mol. The van der Waals surface area contributed by atoms with Crippen LogP contribution in [-0.4, -0.2) is 50.0 Å². The van der Waals surface area contributed by atoms with Crippen molar-refractivity contribution in [2.75, 3.05) is 27.2 Å². The largest absolute Gasteiger partial charge is 0.353 e. The molecule has 0 aliphatic heterocycles. The number of carbonyl (C=O) groups is 1. The Labute approximate surface area is 144 Å². The summed E-state index contributed by atoms with van der Waals surface area (Å²) in [5, 5.41) is 6.53. The molecule has 2 aliphatic carbocycles. The number of fused-ring (bicyclic) bond motifs is 2. The van der Waals surface area contributed by atoms with E-state index in [1.54, 1.807) is 19.0 Å². The van der Waals surface area contributed by atoms with Crippen LogP contribution in [0.4, 0.5) is 0 Å². The number of halogens is 1. The lowest BCUT2D eigenvalue weighted by molar-refractivity contribution is -0.127. The molecule has 0 aromatic heterocycles. The molecule has 3 atom stereocenters. The van der Waals surface area contributed by atoms with Gasteiger partial charge in [0.25, 0.3) is 0 Å². The zero-order valence-corrected chi connectivity index (χ0v) is 15.1. The molecule has 2 bridgehead atoms. The molecule has 21 heavy (non-hydrogen) atoms. The Morgan fingerprint density at radius 1 is 1.38 bits per heavy atom. The first-order chi connectivity index (χ1) is 9.60. The zero-order valence-electron chi connectivity index (χ0n) is 12.8. The van der Waals surface area contributed by atoms with Gasteiger partial charge in [0.05, 0.1) is 6.54 Å². The van der Waals surface area contributed by atoms with E-state index in [4.69, 9.17) is 6.42 Å². The first-order valence-corrected chi connectivity index (χ1v) is 7.28. The molecule has 2 rings (SSSR count). The maximum Gasteiger partial charge on any atom is 0.243 e. The summed E-state index contributed by atoms with van der Waals surface area (Å²) in [6.07, 6.45) is 10.5. The minimum absolute atomic E-state index is 0. The van der Waals surface area contributed by atoms with Gasteiger partial charge < -0.3 is 15.5 Å². The van der Waals surface area contributed by atoms with Crippen molar-refractivity contribution >= 4 is 35.8 Å². The second kappa shape index (κ2) is 8.47. The Morgan fingerprint density at radius 3 is 2.67 bits per heavy atom. The highest BCUT2D eigenvalue weighted by atomic mass is 127. The summed E-state index contributed by atoms with van der Waals surface area (Å²) in [5.74, 6) is 4.81. The van der Waals surface area contributed by atoms with Crippen molar-refractivity contribution in [2.24, 2.45) is 16.8 Å². The summed E-state index contributed by atoms with van der Waals surface area (Å²) in [7, 11) is 3.46. The van der Waals surface area contributed by atoms with Crippen molar-refractivity contribution in [3.8, 4) is 12.3 Å². The second-order valence-electron chi connectivity index (χ2n) is 5.94. The molecule has 1 amide bonds. The van der Waals surface area contributed by atoms with Crippen LogP contribution in [0.15, 0.2) is 4.99 Å². The van der Waals surface area contributed by atoms with Crippen LogP contribution in [0.1, 0.15) is 25.7 Å². The number of likely N-dealkylation sites (N-methyl/N-ethyl adjacent to an activating group) is 1. The molecule has 0 aromatic carbocycles. The van der Waals surface area contributed by atoms with E-state index in [9.17, 15) is 4.79 Å². The van der Waals surface area contributed by atoms with E-state index in [0.29, 0.717) is 18.5 Å². The van der Waals surface area contributed by atoms with Crippen molar-refractivity contribution in [2.45, 2.75) is 31.7 Å². The van der Waals surface area contributed by atoms with Crippen LogP contribution in [0.3, 0.4) is 0 Å². The number of carbonyl (C=O) groups excluding carboxylic acids is 1. The van der Waals surface area contributed by atoms with Crippen molar-refractivity contribution in [1.29, 1.82) is 0 Å². The molecule has 0 radical (unpaired) electrons. The average Bonchev–Trinajstić information content (AvgIpc) is 3.03. The molecule has 2 aliphatic rings. The number of nitrogens with zero attached hydrogens (tertiary/aromatic N) is 2. The Kier molecular flexibility index (Phi) is 7.29. The van der Waals surface area contributed by atoms with E-state index < -0.39 is 0 Å². The van der Waals surface area contributed by atoms with E-state index in [1.165, 1.54) is 25.7 Å². The van der Waals surface area contributed by atoms with Gasteiger partial charge in [0.1, 0.15) is 6.54 Å². The summed E-state index contributed by atoms with van der Waals surface area (Å²) >= 11 is 0. The van der Waals surface area contributed by atoms with E-state index in [0.717, 1.165) is 11.8 Å². The summed E-state index contributed by atoms with van der Waals surface area (Å²) in [5.41, 5.74) is 0. The first-order valence-electron chi connectivity index (χ1n) is 7.28. The maximum absolute atomic E-state index is 11.6. The van der Waals surface area contributed by atoms with Crippen molar-refractivity contribution in [1.82, 2.24) is 15.5 Å². The van der Waals surface area contributed by atoms with Gasteiger partial charge >= 0.3 is 0 Å². The highest BCUT2D eigenvalue weighted by Crippen LogP contribution is 2.44. The minimum atomic E-state index is -0.0141. The monoisotopic (exact) mass is 404 g/mol. The number of terminal acetylenes is 1. The second-order valence-corrected chi connectivity index (χ2v) is 5.94. The standard InChI is InChI=1S/C15H24N4O.HI/c1-4-7-16-15(17-10-14(20)19(2)3)18-13-9-11-5-6-12(13)8-11;/h1,11-13H,5-10H2,2-3H3,(H2,16,17,18);1H. The van der Waals surface area contributed by atoms with Crippen LogP contribution in [-0.2, 0) is 4.79 Å². The fourth-order valence-corrected chi connectivity index (χ4v) is 3.17. The lowest BCUT2D eigenvalue weighted by Crippen LogP contribution is -2.46. The SMILES string of the molecule is C#CCNC(=NCC(=O)N(C)C)NC1CC2CCC1C2.I. The summed E-state index contributed by atoms with van der Waals surface area (Å²) in [6, 6.07) is 0.479. The van der Waals surface area contributed by atoms with Crippen molar-refractivity contribution in [3.63, 3.8) is 0 Å². The van der Waals surface area contributed by atoms with Crippen LogP contribution >= 0.6 is 24.0 Å². The third kappa shape index (κ3) is 5.06. The summed E-state index contributed by atoms with van der Waals surface area (Å²) < 4.78 is 0. The van der Waals surface area contributed by atoms with Crippen molar-refractivity contribution in [3.05, 3.63) is 0 Å². The molecule has 2 saturated carbocycles. The van der Waals surface area contributed by atoms with Gasteiger partial charge in [0.15, 0.2) is 5.96 Å². The fraction of sp³-hybridized carbons (Fsp3) is 0.733. The normalized spacial score (nSPS) is 26.7. The molecule has 2 N–H and O–H groups in total. The maximum atomic E-state index is 11.6. The molecule has 0 heterocycles. The van der Waals surface area contributed by atoms with Crippen molar-refractivity contribution < 1.29 is 4.79 Å². The van der Waals surface area contributed by atoms with Gasteiger partial charge in [-0.2, -0.15) is 0 Å². The highest BCUT2D eigenvalue weighted by molar-refractivity contribution is 14.0. The molecule has 0 spiro atoms. The number of amides is 1. The smallest absolute Gasteiger partial charge is 0.243 e. The number of hydrogen-bond donors (Lipinski definition) is 2. The van der Waals surface area contributed by atoms with Crippen LogP contribution < -0.4 is 10.6 Å². The van der Waals surface area contributed by atoms with E-state index in [2.05, 4.69) is 21.5 Å². The van der Waals surface area contributed by atoms with E-state index in [-0.39, 0.29) is 36.4 Å². The van der Waals surface area contributed by atoms with Gasteiger partial charge in [-0.1, -0.05) is 12.3 Å². The predicted molar refractivity (Wildman–Crippen MR) is 95.6 cm³/mol. The van der Waals surface area contributed by atoms with Crippen LogP contribution in [0.2, 0.25) is 0 Å². The molecule has 3 unspecified atom stereocenters. The van der Waals surface area contributed by atoms with Gasteiger partial charge in [0.2, 0.25) is 5.91 Å². The number of guanidine groups is 1. The Bertz CT molecular complexity index is 430. The number of nitrogens with one attached hydrogen (secondary N) is 2. The number of rotatable bonds is 4. The molecule has 6 heteroatoms. The highest BCUT2D eigenvalue weighted by Gasteiger charge is 2.39. The molecule has 118 valence electrons. The summed E-state index contributed by atoms with van der Waals surface area (Å²) in [4.78, 5) is 17.5. The molecule has 5 nitrogen and oxygen atoms in total. The third-order valence-electron chi connectivity index (χ3n) is 4.29. The lowest BCUT2D eigenvalue weighted by atomic mass is 9.95. The van der Waals surface area contributed by atoms with E-state index >= 15 is 0 Å². The van der Waals surface area contributed by atoms with E-state index in [1.807, 2.05) is 0 Å². The Hall–Kier alpha value is -0.970. The van der Waals surface area contributed by atoms with Gasteiger partial charge in [-0.25, -0.2) is 4.99 Å². The quantitative estimate of drug-likeness (QED) is 0.319. The van der Waals surface area contributed by atoms with Gasteiger partial charge in [-0.05, 0) is 31.1 Å². The molecular weight excluding hydrogens is 379 g/mol. The van der Waals surface area contributed by atoms with Crippen LogP contribution in [0.5, 0.6) is 0 Å². The molecule has 0 aromatic rings. The fourth-order valence-electron chi connectivity index (χ4n) is 3.17. The predicted octanol–water partition coefficient (Wildman–Crippen LogP) is 1.05.